The Morgan fingerprint density at radius 2 is 1.40 bits per heavy atom. The molecule has 0 aliphatic heterocycles. The first-order chi connectivity index (χ1) is 9.92. The zero-order valence-corrected chi connectivity index (χ0v) is 10.9. The Hall–Kier alpha value is -2.60. The minimum Gasteiger partial charge on any atom is -0.0616 e. The Morgan fingerprint density at radius 1 is 0.550 bits per heavy atom. The van der Waals surface area contributed by atoms with Gasteiger partial charge in [-0.2, -0.15) is 0 Å². The van der Waals surface area contributed by atoms with Crippen molar-refractivity contribution in [3.63, 3.8) is 0 Å². The average molecular weight is 252 g/mol. The van der Waals surface area contributed by atoms with Crippen molar-refractivity contribution in [1.29, 1.82) is 0 Å². The van der Waals surface area contributed by atoms with Crippen molar-refractivity contribution in [2.24, 2.45) is 0 Å². The van der Waals surface area contributed by atoms with Crippen molar-refractivity contribution in [2.75, 3.05) is 0 Å². The molecule has 0 spiro atoms. The molecule has 0 aromatic heterocycles. The van der Waals surface area contributed by atoms with Crippen molar-refractivity contribution < 1.29 is 0 Å². The molecule has 0 unspecified atom stereocenters. The predicted octanol–water partition coefficient (Wildman–Crippen LogP) is 2.92. The standard InChI is InChI=1S/C20H12/c1-3-7-16-14(6-1)12-19-18(16)10-9-15-11-13-5-2-4-8-17(13)20(15)19/h1-12H. The van der Waals surface area contributed by atoms with Crippen molar-refractivity contribution in [3.05, 3.63) is 92.7 Å². The van der Waals surface area contributed by atoms with E-state index in [0.29, 0.717) is 0 Å². The third-order valence-corrected chi connectivity index (χ3v) is 4.37. The molecule has 0 amide bonds. The molecule has 0 bridgehead atoms. The Kier molecular flexibility index (Phi) is 1.78. The molecule has 5 rings (SSSR count). The minimum absolute atomic E-state index is 1.33. The van der Waals surface area contributed by atoms with Gasteiger partial charge in [0.1, 0.15) is 0 Å². The van der Waals surface area contributed by atoms with Crippen molar-refractivity contribution in [3.8, 4) is 11.1 Å². The molecular weight excluding hydrogens is 240 g/mol. The molecule has 0 N–H and O–H groups in total. The second-order valence-electron chi connectivity index (χ2n) is 5.45. The van der Waals surface area contributed by atoms with E-state index < -0.39 is 0 Å². The van der Waals surface area contributed by atoms with E-state index in [1.165, 1.54) is 43.1 Å². The molecule has 2 aliphatic carbocycles. The summed E-state index contributed by atoms with van der Waals surface area (Å²) in [5.41, 5.74) is 5.47. The largest absolute Gasteiger partial charge is 0.0616 e. The van der Waals surface area contributed by atoms with Crippen LogP contribution in [0, 0.1) is 10.4 Å². The summed E-state index contributed by atoms with van der Waals surface area (Å²) in [7, 11) is 0. The van der Waals surface area contributed by atoms with Gasteiger partial charge >= 0.3 is 0 Å². The molecule has 0 radical (unpaired) electrons. The van der Waals surface area contributed by atoms with Crippen LogP contribution in [0.4, 0.5) is 0 Å². The highest BCUT2D eigenvalue weighted by Crippen LogP contribution is 2.31. The molecule has 0 heteroatoms. The van der Waals surface area contributed by atoms with Gasteiger partial charge in [0.05, 0.1) is 0 Å². The summed E-state index contributed by atoms with van der Waals surface area (Å²) in [6.45, 7) is 0. The highest BCUT2D eigenvalue weighted by atomic mass is 14.2. The zero-order valence-electron chi connectivity index (χ0n) is 10.9. The first kappa shape index (κ1) is 10.2. The molecule has 0 saturated heterocycles. The van der Waals surface area contributed by atoms with E-state index in [-0.39, 0.29) is 0 Å². The third kappa shape index (κ3) is 1.16. The fourth-order valence-corrected chi connectivity index (χ4v) is 3.48. The maximum atomic E-state index is 2.33. The van der Waals surface area contributed by atoms with Gasteiger partial charge in [-0.15, -0.1) is 0 Å². The van der Waals surface area contributed by atoms with Gasteiger partial charge in [-0.05, 0) is 55.3 Å². The van der Waals surface area contributed by atoms with Crippen LogP contribution in [-0.2, 0) is 0 Å². The van der Waals surface area contributed by atoms with E-state index >= 15 is 0 Å². The first-order valence-corrected chi connectivity index (χ1v) is 6.97. The Bertz CT molecular complexity index is 1090. The maximum Gasteiger partial charge on any atom is -0.00262 e. The predicted molar refractivity (Wildman–Crippen MR) is 82.4 cm³/mol. The third-order valence-electron chi connectivity index (χ3n) is 4.37. The lowest BCUT2D eigenvalue weighted by atomic mass is 9.99. The lowest BCUT2D eigenvalue weighted by molar-refractivity contribution is 1.47. The SMILES string of the molecule is C1=c2ccc3c(c2-c2ccccc21)C=c1ccccc1=3. The van der Waals surface area contributed by atoms with Crippen LogP contribution in [0.25, 0.3) is 23.3 Å². The quantitative estimate of drug-likeness (QED) is 0.397. The van der Waals surface area contributed by atoms with Crippen molar-refractivity contribution >= 4 is 12.2 Å². The number of hydrogen-bond acceptors (Lipinski definition) is 0. The monoisotopic (exact) mass is 252 g/mol. The molecule has 0 heterocycles. The summed E-state index contributed by atoms with van der Waals surface area (Å²) in [6.07, 6.45) is 4.63. The van der Waals surface area contributed by atoms with E-state index in [2.05, 4.69) is 72.8 Å². The molecule has 0 nitrogen and oxygen atoms in total. The fourth-order valence-electron chi connectivity index (χ4n) is 3.48. The van der Waals surface area contributed by atoms with Crippen LogP contribution in [0.1, 0.15) is 11.1 Å². The molecule has 3 aromatic rings. The van der Waals surface area contributed by atoms with Gasteiger partial charge in [0.15, 0.2) is 0 Å². The molecule has 3 aromatic carbocycles. The van der Waals surface area contributed by atoms with Gasteiger partial charge < -0.3 is 0 Å². The van der Waals surface area contributed by atoms with Gasteiger partial charge in [0.25, 0.3) is 0 Å². The summed E-state index contributed by atoms with van der Waals surface area (Å²) in [6, 6.07) is 21.8. The van der Waals surface area contributed by atoms with Gasteiger partial charge in [0, 0.05) is 0 Å². The summed E-state index contributed by atoms with van der Waals surface area (Å²) in [4.78, 5) is 0. The molecule has 0 saturated carbocycles. The zero-order chi connectivity index (χ0) is 13.1. The fraction of sp³-hybridized carbons (Fsp3) is 0. The van der Waals surface area contributed by atoms with E-state index in [0.717, 1.165) is 0 Å². The van der Waals surface area contributed by atoms with Gasteiger partial charge in [-0.3, -0.25) is 0 Å². The van der Waals surface area contributed by atoms with Crippen LogP contribution in [0.2, 0.25) is 0 Å². The summed E-state index contributed by atoms with van der Waals surface area (Å²) in [5, 5.41) is 5.40. The lowest BCUT2D eigenvalue weighted by Gasteiger charge is -2.04. The summed E-state index contributed by atoms with van der Waals surface area (Å²) < 4.78 is 0. The lowest BCUT2D eigenvalue weighted by Crippen LogP contribution is -2.02. The van der Waals surface area contributed by atoms with Gasteiger partial charge in [-0.25, -0.2) is 0 Å². The number of rotatable bonds is 0. The van der Waals surface area contributed by atoms with E-state index in [9.17, 15) is 0 Å². The molecule has 92 valence electrons. The second-order valence-corrected chi connectivity index (χ2v) is 5.45. The summed E-state index contributed by atoms with van der Waals surface area (Å²) >= 11 is 0. The van der Waals surface area contributed by atoms with E-state index in [1.54, 1.807) is 0 Å². The number of hydrogen-bond donors (Lipinski definition) is 0. The highest BCUT2D eigenvalue weighted by Gasteiger charge is 2.16. The Morgan fingerprint density at radius 3 is 2.40 bits per heavy atom. The van der Waals surface area contributed by atoms with Crippen molar-refractivity contribution in [1.82, 2.24) is 0 Å². The Balaban J connectivity index is 2.03. The normalized spacial score (nSPS) is 12.8. The summed E-state index contributed by atoms with van der Waals surface area (Å²) in [5.74, 6) is 0. The van der Waals surface area contributed by atoms with Crippen LogP contribution in [0.3, 0.4) is 0 Å². The number of fused-ring (bicyclic) bond motifs is 6. The van der Waals surface area contributed by atoms with Gasteiger partial charge in [0.2, 0.25) is 0 Å². The molecule has 0 fully saturated rings. The van der Waals surface area contributed by atoms with Crippen LogP contribution >= 0.6 is 0 Å². The van der Waals surface area contributed by atoms with Crippen LogP contribution in [0.15, 0.2) is 60.7 Å². The molecule has 0 atom stereocenters. The maximum absolute atomic E-state index is 2.33. The van der Waals surface area contributed by atoms with Crippen molar-refractivity contribution in [2.45, 2.75) is 0 Å². The van der Waals surface area contributed by atoms with Crippen LogP contribution in [0.5, 0.6) is 0 Å². The highest BCUT2D eigenvalue weighted by molar-refractivity contribution is 5.88. The van der Waals surface area contributed by atoms with E-state index in [1.807, 2.05) is 0 Å². The molecular formula is C20H12. The average Bonchev–Trinajstić information content (AvgIpc) is 3.04. The first-order valence-electron chi connectivity index (χ1n) is 6.97. The van der Waals surface area contributed by atoms with Gasteiger partial charge in [-0.1, -0.05) is 60.7 Å². The van der Waals surface area contributed by atoms with Crippen LogP contribution < -0.4 is 10.4 Å². The smallest absolute Gasteiger partial charge is 0.00262 e. The number of benzene rings is 3. The Labute approximate surface area is 116 Å². The second kappa shape index (κ2) is 3.49. The van der Waals surface area contributed by atoms with E-state index in [4.69, 9.17) is 0 Å². The molecule has 2 aliphatic rings. The minimum atomic E-state index is 1.33. The van der Waals surface area contributed by atoms with Crippen LogP contribution in [-0.4, -0.2) is 0 Å². The topological polar surface area (TPSA) is 0 Å². The molecule has 20 heavy (non-hydrogen) atoms.